The molecule has 31 heavy (non-hydrogen) atoms. The molecule has 6 heteroatoms. The van der Waals surface area contributed by atoms with Gasteiger partial charge in [-0.3, -0.25) is 14.5 Å². The number of nitrogens with one attached hydrogen (secondary N) is 1. The molecule has 2 fully saturated rings. The highest BCUT2D eigenvalue weighted by Gasteiger charge is 2.53. The van der Waals surface area contributed by atoms with Crippen LogP contribution in [0.15, 0.2) is 42.5 Å². The molecular weight excluding hydrogens is 388 g/mol. The highest BCUT2D eigenvalue weighted by Crippen LogP contribution is 2.53. The third-order valence-corrected chi connectivity index (χ3v) is 6.69. The third kappa shape index (κ3) is 3.82. The Balaban J connectivity index is 1.77. The zero-order valence-electron chi connectivity index (χ0n) is 17.9. The first-order valence-corrected chi connectivity index (χ1v) is 10.9. The van der Waals surface area contributed by atoms with Gasteiger partial charge in [0.2, 0.25) is 5.91 Å². The molecule has 160 valence electrons. The van der Waals surface area contributed by atoms with Crippen LogP contribution in [0.2, 0.25) is 0 Å². The zero-order valence-corrected chi connectivity index (χ0v) is 17.9. The summed E-state index contributed by atoms with van der Waals surface area (Å²) in [5.41, 5.74) is 8.90. The Kier molecular flexibility index (Phi) is 5.79. The molecule has 3 N–H and O–H groups in total. The fraction of sp³-hybridized carbons (Fsp3) is 0.400. The summed E-state index contributed by atoms with van der Waals surface area (Å²) in [6.45, 7) is -0.153. The molecule has 0 saturated heterocycles. The van der Waals surface area contributed by atoms with E-state index in [0.717, 1.165) is 49.8 Å². The fourth-order valence-corrected chi connectivity index (χ4v) is 4.80. The van der Waals surface area contributed by atoms with Crippen molar-refractivity contribution in [3.63, 3.8) is 0 Å². The smallest absolute Gasteiger partial charge is 0.245 e. The van der Waals surface area contributed by atoms with Crippen LogP contribution in [0.4, 0.5) is 17.1 Å². The van der Waals surface area contributed by atoms with E-state index >= 15 is 0 Å². The van der Waals surface area contributed by atoms with Crippen LogP contribution in [-0.2, 0) is 15.0 Å². The Labute approximate surface area is 183 Å². The van der Waals surface area contributed by atoms with Crippen molar-refractivity contribution in [3.05, 3.63) is 53.6 Å². The first-order valence-electron chi connectivity index (χ1n) is 10.9. The molecule has 0 aliphatic heterocycles. The lowest BCUT2D eigenvalue weighted by Crippen LogP contribution is -2.33. The Morgan fingerprint density at radius 1 is 1.16 bits per heavy atom. The van der Waals surface area contributed by atoms with E-state index in [4.69, 9.17) is 11.0 Å². The summed E-state index contributed by atoms with van der Waals surface area (Å²) in [6, 6.07) is 14.9. The van der Waals surface area contributed by atoms with Crippen LogP contribution in [0.5, 0.6) is 0 Å². The maximum absolute atomic E-state index is 13.3. The number of nitrogens with two attached hydrogens (primary N) is 1. The van der Waals surface area contributed by atoms with Crippen LogP contribution in [0, 0.1) is 17.2 Å². The normalized spacial score (nSPS) is 17.1. The summed E-state index contributed by atoms with van der Waals surface area (Å²) in [5.74, 6) is 0.267. The highest BCUT2D eigenvalue weighted by molar-refractivity contribution is 6.05. The van der Waals surface area contributed by atoms with Gasteiger partial charge in [0.15, 0.2) is 0 Å². The van der Waals surface area contributed by atoms with E-state index in [0.29, 0.717) is 22.7 Å². The van der Waals surface area contributed by atoms with Gasteiger partial charge in [0.05, 0.1) is 35.0 Å². The number of amides is 1. The van der Waals surface area contributed by atoms with Gasteiger partial charge in [-0.1, -0.05) is 18.9 Å². The van der Waals surface area contributed by atoms with Crippen LogP contribution < -0.4 is 16.0 Å². The average Bonchev–Trinajstić information content (AvgIpc) is 3.44. The summed E-state index contributed by atoms with van der Waals surface area (Å²) in [7, 11) is 1.80. The number of carbonyl (C=O) groups excluding carboxylic acids is 2. The topological polar surface area (TPSA) is 99.2 Å². The molecule has 0 radical (unpaired) electrons. The van der Waals surface area contributed by atoms with Crippen LogP contribution in [0.1, 0.15) is 49.7 Å². The molecule has 1 amide bonds. The zero-order chi connectivity index (χ0) is 22.0. The highest BCUT2D eigenvalue weighted by atomic mass is 16.2. The molecule has 2 aromatic rings. The van der Waals surface area contributed by atoms with Gasteiger partial charge in [-0.15, -0.1) is 0 Å². The summed E-state index contributed by atoms with van der Waals surface area (Å²) < 4.78 is 0. The molecular formula is C25H28N4O2. The molecule has 4 rings (SSSR count). The van der Waals surface area contributed by atoms with Crippen molar-refractivity contribution in [2.75, 3.05) is 23.8 Å². The van der Waals surface area contributed by atoms with Crippen LogP contribution in [-0.4, -0.2) is 25.3 Å². The lowest BCUT2D eigenvalue weighted by molar-refractivity contribution is -0.125. The number of nitrogens with zero attached hydrogens (tertiary/aromatic N) is 2. The maximum Gasteiger partial charge on any atom is 0.245 e. The standard InChI is InChI=1S/C25H28N4O2/c1-28-21-11-8-19(25(12-13-25)24(31)18-4-2-3-5-18)14-22(21)29(23(30)16-27)20-9-6-17(15-26)7-10-20/h6-11,14,18,28H,2-5,12-13,16,27H2,1H3. The minimum Gasteiger partial charge on any atom is -0.386 e. The van der Waals surface area contributed by atoms with Gasteiger partial charge >= 0.3 is 0 Å². The van der Waals surface area contributed by atoms with Gasteiger partial charge in [-0.25, -0.2) is 0 Å². The van der Waals surface area contributed by atoms with Crippen molar-refractivity contribution in [2.45, 2.75) is 43.9 Å². The van der Waals surface area contributed by atoms with Crippen LogP contribution in [0.25, 0.3) is 0 Å². The van der Waals surface area contributed by atoms with E-state index in [-0.39, 0.29) is 18.4 Å². The van der Waals surface area contributed by atoms with Crippen molar-refractivity contribution in [1.82, 2.24) is 0 Å². The number of Topliss-reactive ketones (excluding diaryl/α,β-unsaturated/α-hetero) is 1. The van der Waals surface area contributed by atoms with Gasteiger partial charge in [-0.05, 0) is 67.6 Å². The van der Waals surface area contributed by atoms with Gasteiger partial charge < -0.3 is 11.1 Å². The number of rotatable bonds is 7. The largest absolute Gasteiger partial charge is 0.386 e. The van der Waals surface area contributed by atoms with Crippen molar-refractivity contribution >= 4 is 28.8 Å². The Morgan fingerprint density at radius 3 is 2.39 bits per heavy atom. The monoisotopic (exact) mass is 416 g/mol. The molecule has 2 aromatic carbocycles. The fourth-order valence-electron chi connectivity index (χ4n) is 4.80. The van der Waals surface area contributed by atoms with E-state index < -0.39 is 5.41 Å². The molecule has 0 spiro atoms. The average molecular weight is 417 g/mol. The third-order valence-electron chi connectivity index (χ3n) is 6.69. The first kappa shape index (κ1) is 21.1. The molecule has 0 aromatic heterocycles. The number of ketones is 1. The summed E-state index contributed by atoms with van der Waals surface area (Å²) in [5, 5.41) is 12.3. The first-order chi connectivity index (χ1) is 15.0. The van der Waals surface area contributed by atoms with E-state index in [9.17, 15) is 9.59 Å². The Hall–Kier alpha value is -3.17. The van der Waals surface area contributed by atoms with Crippen molar-refractivity contribution in [2.24, 2.45) is 11.7 Å². The molecule has 2 saturated carbocycles. The second-order valence-corrected chi connectivity index (χ2v) is 8.50. The summed E-state index contributed by atoms with van der Waals surface area (Å²) in [6.07, 6.45) is 5.97. The number of anilines is 3. The second-order valence-electron chi connectivity index (χ2n) is 8.50. The molecule has 2 aliphatic carbocycles. The Bertz CT molecular complexity index is 1030. The number of hydrogen-bond acceptors (Lipinski definition) is 5. The number of benzene rings is 2. The molecule has 0 unspecified atom stereocenters. The van der Waals surface area contributed by atoms with Crippen molar-refractivity contribution in [3.8, 4) is 6.07 Å². The van der Waals surface area contributed by atoms with E-state index in [2.05, 4.69) is 11.4 Å². The van der Waals surface area contributed by atoms with Gasteiger partial charge in [0.1, 0.15) is 5.78 Å². The second kappa shape index (κ2) is 8.52. The van der Waals surface area contributed by atoms with Gasteiger partial charge in [0.25, 0.3) is 0 Å². The molecule has 0 heterocycles. The lowest BCUT2D eigenvalue weighted by Gasteiger charge is -2.27. The van der Waals surface area contributed by atoms with Crippen LogP contribution >= 0.6 is 0 Å². The van der Waals surface area contributed by atoms with E-state index in [1.165, 1.54) is 0 Å². The molecule has 2 aliphatic rings. The Morgan fingerprint density at radius 2 is 1.84 bits per heavy atom. The molecule has 0 bridgehead atoms. The number of carbonyl (C=O) groups is 2. The molecule has 0 atom stereocenters. The van der Waals surface area contributed by atoms with Crippen molar-refractivity contribution < 1.29 is 9.59 Å². The predicted octanol–water partition coefficient (Wildman–Crippen LogP) is 4.01. The predicted molar refractivity (Wildman–Crippen MR) is 121 cm³/mol. The quantitative estimate of drug-likeness (QED) is 0.710. The minimum absolute atomic E-state index is 0.153. The maximum atomic E-state index is 13.3. The molecule has 6 nitrogen and oxygen atoms in total. The minimum atomic E-state index is -0.419. The van der Waals surface area contributed by atoms with Gasteiger partial charge in [-0.2, -0.15) is 5.26 Å². The number of nitriles is 1. The summed E-state index contributed by atoms with van der Waals surface area (Å²) >= 11 is 0. The number of hydrogen-bond donors (Lipinski definition) is 2. The lowest BCUT2D eigenvalue weighted by atomic mass is 9.83. The van der Waals surface area contributed by atoms with Crippen LogP contribution in [0.3, 0.4) is 0 Å². The van der Waals surface area contributed by atoms with Gasteiger partial charge in [0, 0.05) is 18.7 Å². The van der Waals surface area contributed by atoms with E-state index in [1.807, 2.05) is 18.2 Å². The SMILES string of the molecule is CNc1ccc(C2(C(=O)C3CCCC3)CC2)cc1N(C(=O)CN)c1ccc(C#N)cc1. The summed E-state index contributed by atoms with van der Waals surface area (Å²) in [4.78, 5) is 27.8. The van der Waals surface area contributed by atoms with E-state index in [1.54, 1.807) is 36.2 Å². The van der Waals surface area contributed by atoms with Crippen molar-refractivity contribution in [1.29, 1.82) is 5.26 Å².